The highest BCUT2D eigenvalue weighted by Gasteiger charge is 2.05. The lowest BCUT2D eigenvalue weighted by Crippen LogP contribution is -2.32. The van der Waals surface area contributed by atoms with E-state index in [1.165, 1.54) is 0 Å². The average molecular weight is 277 g/mol. The molecule has 0 aliphatic carbocycles. The van der Waals surface area contributed by atoms with Gasteiger partial charge in [0, 0.05) is 37.9 Å². The predicted octanol–water partition coefficient (Wildman–Crippen LogP) is 2.26. The fraction of sp³-hybridized carbons (Fsp3) is 0.562. The van der Waals surface area contributed by atoms with Gasteiger partial charge in [-0.25, -0.2) is 0 Å². The molecule has 0 saturated heterocycles. The molecular weight excluding hydrogens is 250 g/mol. The zero-order chi connectivity index (χ0) is 14.8. The van der Waals surface area contributed by atoms with Crippen LogP contribution in [-0.2, 0) is 0 Å². The fourth-order valence-electron chi connectivity index (χ4n) is 2.00. The number of hydrogen-bond acceptors (Lipinski definition) is 3. The van der Waals surface area contributed by atoms with E-state index in [0.717, 1.165) is 38.2 Å². The molecule has 4 heteroatoms. The molecule has 0 fully saturated rings. The van der Waals surface area contributed by atoms with Crippen molar-refractivity contribution in [1.29, 1.82) is 0 Å². The number of carbonyl (C=O) groups is 1. The summed E-state index contributed by atoms with van der Waals surface area (Å²) in [6.07, 6.45) is 2.23. The van der Waals surface area contributed by atoms with Gasteiger partial charge in [-0.15, -0.1) is 0 Å². The van der Waals surface area contributed by atoms with E-state index in [9.17, 15) is 4.79 Å². The molecule has 0 aromatic heterocycles. The zero-order valence-corrected chi connectivity index (χ0v) is 12.9. The Morgan fingerprint density at radius 1 is 1.05 bits per heavy atom. The zero-order valence-electron chi connectivity index (χ0n) is 12.9. The summed E-state index contributed by atoms with van der Waals surface area (Å²) in [5.41, 5.74) is 1.86. The summed E-state index contributed by atoms with van der Waals surface area (Å²) in [6, 6.07) is 7.77. The minimum atomic E-state index is -0.00649. The summed E-state index contributed by atoms with van der Waals surface area (Å²) in [6.45, 7) is 7.78. The molecule has 2 N–H and O–H groups in total. The van der Waals surface area contributed by atoms with Gasteiger partial charge in [-0.2, -0.15) is 0 Å². The molecule has 0 spiro atoms. The third-order valence-electron chi connectivity index (χ3n) is 3.14. The third-order valence-corrected chi connectivity index (χ3v) is 3.14. The average Bonchev–Trinajstić information content (AvgIpc) is 2.47. The Kier molecular flexibility index (Phi) is 7.73. The summed E-state index contributed by atoms with van der Waals surface area (Å²) in [5.74, 6) is -0.00649. The maximum atomic E-state index is 11.9. The summed E-state index contributed by atoms with van der Waals surface area (Å²) in [5, 5.41) is 6.18. The highest BCUT2D eigenvalue weighted by Crippen LogP contribution is 2.13. The standard InChI is InChI=1S/C16H27N3O/c1-4-10-17-11-12-18-16(20)14-6-8-15(9-7-14)19(3)13-5-2/h6-9,17H,4-5,10-13H2,1-3H3,(H,18,20). The number of benzene rings is 1. The molecular formula is C16H27N3O. The van der Waals surface area contributed by atoms with Crippen LogP contribution in [0.3, 0.4) is 0 Å². The fourth-order valence-corrected chi connectivity index (χ4v) is 2.00. The largest absolute Gasteiger partial charge is 0.375 e. The highest BCUT2D eigenvalue weighted by atomic mass is 16.1. The van der Waals surface area contributed by atoms with Crippen molar-refractivity contribution in [1.82, 2.24) is 10.6 Å². The second kappa shape index (κ2) is 9.37. The number of nitrogens with one attached hydrogen (secondary N) is 2. The molecule has 1 rings (SSSR count). The van der Waals surface area contributed by atoms with Crippen molar-refractivity contribution in [3.8, 4) is 0 Å². The molecule has 1 amide bonds. The van der Waals surface area contributed by atoms with E-state index in [4.69, 9.17) is 0 Å². The Balaban J connectivity index is 2.41. The van der Waals surface area contributed by atoms with Crippen LogP contribution >= 0.6 is 0 Å². The summed E-state index contributed by atoms with van der Waals surface area (Å²) in [4.78, 5) is 14.1. The van der Waals surface area contributed by atoms with Gasteiger partial charge in [0.1, 0.15) is 0 Å². The van der Waals surface area contributed by atoms with Crippen molar-refractivity contribution in [3.05, 3.63) is 29.8 Å². The lowest BCUT2D eigenvalue weighted by molar-refractivity contribution is 0.0954. The first-order valence-corrected chi connectivity index (χ1v) is 7.49. The molecule has 0 aliphatic heterocycles. The van der Waals surface area contributed by atoms with E-state index in [1.54, 1.807) is 0 Å². The molecule has 20 heavy (non-hydrogen) atoms. The van der Waals surface area contributed by atoms with E-state index in [2.05, 4.69) is 36.4 Å². The molecule has 0 saturated carbocycles. The number of hydrogen-bond donors (Lipinski definition) is 2. The molecule has 0 atom stereocenters. The predicted molar refractivity (Wildman–Crippen MR) is 85.5 cm³/mol. The molecule has 112 valence electrons. The van der Waals surface area contributed by atoms with E-state index in [-0.39, 0.29) is 5.91 Å². The van der Waals surface area contributed by atoms with Crippen molar-refractivity contribution < 1.29 is 4.79 Å². The van der Waals surface area contributed by atoms with Gasteiger partial charge in [0.25, 0.3) is 5.91 Å². The molecule has 0 unspecified atom stereocenters. The van der Waals surface area contributed by atoms with Gasteiger partial charge in [0.05, 0.1) is 0 Å². The number of nitrogens with zero attached hydrogens (tertiary/aromatic N) is 1. The molecule has 0 aliphatic rings. The number of amides is 1. The number of anilines is 1. The van der Waals surface area contributed by atoms with Gasteiger partial charge < -0.3 is 15.5 Å². The van der Waals surface area contributed by atoms with Crippen LogP contribution in [0.25, 0.3) is 0 Å². The van der Waals surface area contributed by atoms with E-state index < -0.39 is 0 Å². The Labute approximate surface area is 122 Å². The SMILES string of the molecule is CCCNCCNC(=O)c1ccc(N(C)CCC)cc1. The lowest BCUT2D eigenvalue weighted by atomic mass is 10.2. The second-order valence-electron chi connectivity index (χ2n) is 4.97. The Morgan fingerprint density at radius 2 is 1.75 bits per heavy atom. The maximum absolute atomic E-state index is 11.9. The molecule has 0 heterocycles. The van der Waals surface area contributed by atoms with Gasteiger partial charge in [-0.1, -0.05) is 13.8 Å². The minimum Gasteiger partial charge on any atom is -0.375 e. The Morgan fingerprint density at radius 3 is 2.35 bits per heavy atom. The topological polar surface area (TPSA) is 44.4 Å². The van der Waals surface area contributed by atoms with E-state index >= 15 is 0 Å². The number of rotatable bonds is 9. The quantitative estimate of drug-likeness (QED) is 0.681. The van der Waals surface area contributed by atoms with Crippen molar-refractivity contribution >= 4 is 11.6 Å². The first-order chi connectivity index (χ1) is 9.69. The highest BCUT2D eigenvalue weighted by molar-refractivity contribution is 5.94. The smallest absolute Gasteiger partial charge is 0.251 e. The van der Waals surface area contributed by atoms with Crippen molar-refractivity contribution in [2.45, 2.75) is 26.7 Å². The molecule has 0 bridgehead atoms. The summed E-state index contributed by atoms with van der Waals surface area (Å²) < 4.78 is 0. The van der Waals surface area contributed by atoms with E-state index in [1.807, 2.05) is 24.3 Å². The minimum absolute atomic E-state index is 0.00649. The van der Waals surface area contributed by atoms with Crippen LogP contribution < -0.4 is 15.5 Å². The van der Waals surface area contributed by atoms with Crippen LogP contribution in [0.4, 0.5) is 5.69 Å². The van der Waals surface area contributed by atoms with Crippen LogP contribution in [0.15, 0.2) is 24.3 Å². The molecule has 1 aromatic carbocycles. The van der Waals surface area contributed by atoms with Gasteiger partial charge >= 0.3 is 0 Å². The first kappa shape index (κ1) is 16.5. The maximum Gasteiger partial charge on any atom is 0.251 e. The summed E-state index contributed by atoms with van der Waals surface area (Å²) >= 11 is 0. The Hall–Kier alpha value is -1.55. The van der Waals surface area contributed by atoms with Crippen molar-refractivity contribution in [3.63, 3.8) is 0 Å². The first-order valence-electron chi connectivity index (χ1n) is 7.49. The molecule has 0 radical (unpaired) electrons. The third kappa shape index (κ3) is 5.61. The van der Waals surface area contributed by atoms with Crippen LogP contribution in [0, 0.1) is 0 Å². The second-order valence-corrected chi connectivity index (χ2v) is 4.97. The number of carbonyl (C=O) groups excluding carboxylic acids is 1. The monoisotopic (exact) mass is 277 g/mol. The van der Waals surface area contributed by atoms with Crippen LogP contribution in [0.5, 0.6) is 0 Å². The lowest BCUT2D eigenvalue weighted by Gasteiger charge is -2.18. The van der Waals surface area contributed by atoms with Crippen LogP contribution in [0.2, 0.25) is 0 Å². The Bertz CT molecular complexity index is 389. The van der Waals surface area contributed by atoms with Gasteiger partial charge in [-0.05, 0) is 43.7 Å². The van der Waals surface area contributed by atoms with Gasteiger partial charge in [0.15, 0.2) is 0 Å². The van der Waals surface area contributed by atoms with Crippen molar-refractivity contribution in [2.24, 2.45) is 0 Å². The summed E-state index contributed by atoms with van der Waals surface area (Å²) in [7, 11) is 2.07. The normalized spacial score (nSPS) is 10.3. The molecule has 1 aromatic rings. The van der Waals surface area contributed by atoms with E-state index in [0.29, 0.717) is 12.1 Å². The van der Waals surface area contributed by atoms with Crippen LogP contribution in [0.1, 0.15) is 37.0 Å². The molecule has 4 nitrogen and oxygen atoms in total. The van der Waals surface area contributed by atoms with Crippen molar-refractivity contribution in [2.75, 3.05) is 38.1 Å². The van der Waals surface area contributed by atoms with Gasteiger partial charge in [0.2, 0.25) is 0 Å². The van der Waals surface area contributed by atoms with Crippen LogP contribution in [-0.4, -0.2) is 39.1 Å². The van der Waals surface area contributed by atoms with Gasteiger partial charge in [-0.3, -0.25) is 4.79 Å².